The minimum Gasteiger partial charge on any atom is -0.484 e. The zero-order chi connectivity index (χ0) is 20.2. The molecule has 4 rings (SSSR count). The van der Waals surface area contributed by atoms with Crippen molar-refractivity contribution >= 4 is 23.4 Å². The van der Waals surface area contributed by atoms with Crippen molar-refractivity contribution in [2.24, 2.45) is 0 Å². The van der Waals surface area contributed by atoms with E-state index in [9.17, 15) is 0 Å². The number of aromatic nitrogens is 5. The van der Waals surface area contributed by atoms with Gasteiger partial charge in [0.05, 0.1) is 0 Å². The molecule has 3 aromatic heterocycles. The van der Waals surface area contributed by atoms with Crippen LogP contribution in [0.15, 0.2) is 63.5 Å². The molecule has 0 unspecified atom stereocenters. The minimum atomic E-state index is 0.165. The number of aryl methyl sites for hydroxylation is 1. The SMILES string of the molecule is Cc1nc(-c2cccnc2)nc(Sc2nnc(COc3ccc(Cl)cc3)o2)c1C. The molecule has 146 valence electrons. The van der Waals surface area contributed by atoms with Gasteiger partial charge in [-0.05, 0) is 62.0 Å². The average Bonchev–Trinajstić information content (AvgIpc) is 3.19. The van der Waals surface area contributed by atoms with Gasteiger partial charge in [0.2, 0.25) is 0 Å². The van der Waals surface area contributed by atoms with E-state index in [1.54, 1.807) is 36.7 Å². The Morgan fingerprint density at radius 1 is 1.07 bits per heavy atom. The molecule has 0 amide bonds. The molecule has 0 spiro atoms. The van der Waals surface area contributed by atoms with E-state index in [1.807, 2.05) is 26.0 Å². The predicted molar refractivity (Wildman–Crippen MR) is 109 cm³/mol. The Hall–Kier alpha value is -2.97. The summed E-state index contributed by atoms with van der Waals surface area (Å²) in [5.41, 5.74) is 2.69. The Labute approximate surface area is 176 Å². The van der Waals surface area contributed by atoms with E-state index in [2.05, 4.69) is 25.1 Å². The maximum Gasteiger partial charge on any atom is 0.283 e. The zero-order valence-corrected chi connectivity index (χ0v) is 17.2. The quantitative estimate of drug-likeness (QED) is 0.402. The van der Waals surface area contributed by atoms with Crippen LogP contribution < -0.4 is 4.74 Å². The Balaban J connectivity index is 1.49. The first-order valence-electron chi connectivity index (χ1n) is 8.73. The van der Waals surface area contributed by atoms with Gasteiger partial charge in [-0.3, -0.25) is 4.98 Å². The molecule has 7 nitrogen and oxygen atoms in total. The van der Waals surface area contributed by atoms with Gasteiger partial charge in [0.15, 0.2) is 12.4 Å². The van der Waals surface area contributed by atoms with Gasteiger partial charge in [0.1, 0.15) is 10.8 Å². The summed E-state index contributed by atoms with van der Waals surface area (Å²) >= 11 is 7.17. The van der Waals surface area contributed by atoms with Crippen molar-refractivity contribution in [1.82, 2.24) is 25.1 Å². The molecule has 0 saturated heterocycles. The van der Waals surface area contributed by atoms with Crippen molar-refractivity contribution in [2.75, 3.05) is 0 Å². The second kappa shape index (κ2) is 8.59. The van der Waals surface area contributed by atoms with Crippen LogP contribution in [-0.2, 0) is 6.61 Å². The summed E-state index contributed by atoms with van der Waals surface area (Å²) in [6, 6.07) is 10.8. The fourth-order valence-electron chi connectivity index (χ4n) is 2.42. The van der Waals surface area contributed by atoms with E-state index in [4.69, 9.17) is 20.8 Å². The Morgan fingerprint density at radius 2 is 1.90 bits per heavy atom. The topological polar surface area (TPSA) is 86.8 Å². The first-order chi connectivity index (χ1) is 14.1. The third-order valence-corrected chi connectivity index (χ3v) is 5.25. The van der Waals surface area contributed by atoms with Crippen molar-refractivity contribution < 1.29 is 9.15 Å². The van der Waals surface area contributed by atoms with Crippen molar-refractivity contribution in [3.8, 4) is 17.1 Å². The lowest BCUT2D eigenvalue weighted by Crippen LogP contribution is -1.98. The van der Waals surface area contributed by atoms with Crippen LogP contribution in [0.5, 0.6) is 5.75 Å². The van der Waals surface area contributed by atoms with E-state index in [0.29, 0.717) is 27.7 Å². The summed E-state index contributed by atoms with van der Waals surface area (Å²) in [4.78, 5) is 13.3. The van der Waals surface area contributed by atoms with Crippen LogP contribution in [0.1, 0.15) is 17.1 Å². The van der Waals surface area contributed by atoms with E-state index >= 15 is 0 Å². The molecule has 0 aliphatic carbocycles. The molecular formula is C20H16ClN5O2S. The molecular weight excluding hydrogens is 410 g/mol. The van der Waals surface area contributed by atoms with Crippen molar-refractivity contribution in [3.63, 3.8) is 0 Å². The smallest absolute Gasteiger partial charge is 0.283 e. The number of rotatable bonds is 6. The van der Waals surface area contributed by atoms with Gasteiger partial charge in [0.25, 0.3) is 11.1 Å². The molecule has 0 N–H and O–H groups in total. The highest BCUT2D eigenvalue weighted by Crippen LogP contribution is 2.30. The van der Waals surface area contributed by atoms with Crippen LogP contribution in [-0.4, -0.2) is 25.1 Å². The van der Waals surface area contributed by atoms with Crippen LogP contribution in [0.3, 0.4) is 0 Å². The standard InChI is InChI=1S/C20H16ClN5O2S/c1-12-13(2)23-18(14-4-3-9-22-10-14)24-19(12)29-20-26-25-17(28-20)11-27-16-7-5-15(21)6-8-16/h3-10H,11H2,1-2H3. The number of nitrogens with zero attached hydrogens (tertiary/aromatic N) is 5. The number of hydrogen-bond donors (Lipinski definition) is 0. The molecule has 0 fully saturated rings. The van der Waals surface area contributed by atoms with Crippen molar-refractivity contribution in [1.29, 1.82) is 0 Å². The lowest BCUT2D eigenvalue weighted by Gasteiger charge is -2.08. The average molecular weight is 426 g/mol. The molecule has 3 heterocycles. The number of hydrogen-bond acceptors (Lipinski definition) is 8. The second-order valence-corrected chi connectivity index (χ2v) is 7.49. The van der Waals surface area contributed by atoms with E-state index in [1.165, 1.54) is 11.8 Å². The van der Waals surface area contributed by atoms with Gasteiger partial charge in [-0.2, -0.15) is 0 Å². The van der Waals surface area contributed by atoms with Gasteiger partial charge in [-0.1, -0.05) is 11.6 Å². The predicted octanol–water partition coefficient (Wildman–Crippen LogP) is 4.92. The molecule has 9 heteroatoms. The molecule has 0 saturated carbocycles. The third-order valence-electron chi connectivity index (χ3n) is 4.07. The fraction of sp³-hybridized carbons (Fsp3) is 0.150. The van der Waals surface area contributed by atoms with E-state index in [-0.39, 0.29) is 6.61 Å². The van der Waals surface area contributed by atoms with Crippen molar-refractivity contribution in [2.45, 2.75) is 30.7 Å². The van der Waals surface area contributed by atoms with Gasteiger partial charge in [0, 0.05) is 34.2 Å². The van der Waals surface area contributed by atoms with Crippen LogP contribution in [0.4, 0.5) is 0 Å². The highest BCUT2D eigenvalue weighted by Gasteiger charge is 2.15. The highest BCUT2D eigenvalue weighted by molar-refractivity contribution is 7.99. The van der Waals surface area contributed by atoms with Gasteiger partial charge in [-0.25, -0.2) is 9.97 Å². The Morgan fingerprint density at radius 3 is 2.66 bits per heavy atom. The molecule has 0 aliphatic rings. The molecule has 0 bridgehead atoms. The fourth-order valence-corrected chi connectivity index (χ4v) is 3.37. The molecule has 1 aromatic carbocycles. The lowest BCUT2D eigenvalue weighted by atomic mass is 10.2. The van der Waals surface area contributed by atoms with Gasteiger partial charge in [-0.15, -0.1) is 10.2 Å². The summed E-state index contributed by atoms with van der Waals surface area (Å²) in [5.74, 6) is 1.65. The van der Waals surface area contributed by atoms with Gasteiger partial charge < -0.3 is 9.15 Å². The van der Waals surface area contributed by atoms with E-state index in [0.717, 1.165) is 21.8 Å². The van der Waals surface area contributed by atoms with Crippen LogP contribution >= 0.6 is 23.4 Å². The van der Waals surface area contributed by atoms with E-state index < -0.39 is 0 Å². The summed E-state index contributed by atoms with van der Waals surface area (Å²) < 4.78 is 11.3. The first-order valence-corrected chi connectivity index (χ1v) is 9.92. The lowest BCUT2D eigenvalue weighted by molar-refractivity contribution is 0.252. The summed E-state index contributed by atoms with van der Waals surface area (Å²) in [7, 11) is 0. The molecule has 29 heavy (non-hydrogen) atoms. The molecule has 0 radical (unpaired) electrons. The summed E-state index contributed by atoms with van der Waals surface area (Å²) in [6.07, 6.45) is 3.45. The zero-order valence-electron chi connectivity index (χ0n) is 15.7. The molecule has 0 aliphatic heterocycles. The maximum absolute atomic E-state index is 5.87. The third kappa shape index (κ3) is 4.72. The number of ether oxygens (including phenoxy) is 1. The largest absolute Gasteiger partial charge is 0.484 e. The maximum atomic E-state index is 5.87. The van der Waals surface area contributed by atoms with Crippen molar-refractivity contribution in [3.05, 3.63) is 71.0 Å². The first kappa shape index (κ1) is 19.4. The number of benzene rings is 1. The monoisotopic (exact) mass is 425 g/mol. The van der Waals surface area contributed by atoms with Gasteiger partial charge >= 0.3 is 0 Å². The second-order valence-electron chi connectivity index (χ2n) is 6.11. The normalized spacial score (nSPS) is 10.9. The van der Waals surface area contributed by atoms with Crippen LogP contribution in [0.2, 0.25) is 5.02 Å². The number of halogens is 1. The van der Waals surface area contributed by atoms with Crippen LogP contribution in [0, 0.1) is 13.8 Å². The Bertz CT molecular complexity index is 1120. The van der Waals surface area contributed by atoms with Crippen LogP contribution in [0.25, 0.3) is 11.4 Å². The highest BCUT2D eigenvalue weighted by atomic mass is 35.5. The summed E-state index contributed by atoms with van der Waals surface area (Å²) in [6.45, 7) is 4.07. The molecule has 4 aromatic rings. The number of pyridine rings is 1. The summed E-state index contributed by atoms with van der Waals surface area (Å²) in [5, 5.41) is 9.91. The molecule has 0 atom stereocenters. The minimum absolute atomic E-state index is 0.165. The Kier molecular flexibility index (Phi) is 5.73.